The molecule has 0 amide bonds. The number of hydrogen-bond acceptors (Lipinski definition) is 6. The molecular weight excluding hydrogens is 1020 g/mol. The Hall–Kier alpha value is -3.93. The monoisotopic (exact) mass is 1150 g/mol. The fourth-order valence-corrected chi connectivity index (χ4v) is 9.94. The molecule has 83 heavy (non-hydrogen) atoms. The van der Waals surface area contributed by atoms with Crippen LogP contribution in [0.4, 0.5) is 0 Å². The summed E-state index contributed by atoms with van der Waals surface area (Å²) in [6, 6.07) is 0. The van der Waals surface area contributed by atoms with Crippen LogP contribution in [0.15, 0.2) is 109 Å². The van der Waals surface area contributed by atoms with E-state index in [4.69, 9.17) is 14.2 Å². The first-order chi connectivity index (χ1) is 41.0. The predicted octanol–water partition coefficient (Wildman–Crippen LogP) is 24.6. The Kier molecular flexibility index (Phi) is 67.2. The largest absolute Gasteiger partial charge is 0.462 e. The Balaban J connectivity index is 4.41. The van der Waals surface area contributed by atoms with Gasteiger partial charge in [0.15, 0.2) is 6.10 Å². The molecule has 0 radical (unpaired) electrons. The van der Waals surface area contributed by atoms with Gasteiger partial charge in [0.05, 0.1) is 0 Å². The molecule has 0 aliphatic carbocycles. The zero-order valence-corrected chi connectivity index (χ0v) is 54.7. The number of allylic oxidation sites excluding steroid dienone is 18. The van der Waals surface area contributed by atoms with Gasteiger partial charge in [0.25, 0.3) is 0 Å². The van der Waals surface area contributed by atoms with Crippen molar-refractivity contribution in [2.45, 2.75) is 348 Å². The normalized spacial score (nSPS) is 12.8. The van der Waals surface area contributed by atoms with E-state index in [0.717, 1.165) is 128 Å². The van der Waals surface area contributed by atoms with Crippen molar-refractivity contribution in [3.8, 4) is 0 Å². The predicted molar refractivity (Wildman–Crippen MR) is 362 cm³/mol. The van der Waals surface area contributed by atoms with Crippen molar-refractivity contribution in [1.82, 2.24) is 0 Å². The summed E-state index contributed by atoms with van der Waals surface area (Å²) in [4.78, 5) is 38.5. The SMILES string of the molecule is CC/C=C\C/C=C\C/C=C\C/C=C\C/C=C\CCCCCCCC(=O)OC(COC(=O)CCCCCCCC/C=C\C/C=C\C/C=C\CCCCC)COC(=O)CCCCCCCCCCCCCCC/C=C\CCCCCCCCCC. The van der Waals surface area contributed by atoms with Crippen LogP contribution in [0.1, 0.15) is 342 Å². The van der Waals surface area contributed by atoms with Gasteiger partial charge in [-0.25, -0.2) is 0 Å². The third-order valence-corrected chi connectivity index (χ3v) is 15.2. The number of carbonyl (C=O) groups is 3. The fourth-order valence-electron chi connectivity index (χ4n) is 9.94. The molecule has 476 valence electrons. The van der Waals surface area contributed by atoms with E-state index in [1.807, 2.05) is 0 Å². The number of ether oxygens (including phenoxy) is 3. The third kappa shape index (κ3) is 68.7. The molecule has 0 saturated carbocycles. The molecule has 0 heterocycles. The quantitative estimate of drug-likeness (QED) is 0.0261. The van der Waals surface area contributed by atoms with E-state index in [1.54, 1.807) is 0 Å². The molecule has 0 aromatic heterocycles. The first-order valence-corrected chi connectivity index (χ1v) is 35.4. The molecule has 0 N–H and O–H groups in total. The molecule has 0 fully saturated rings. The maximum absolute atomic E-state index is 13.0. The lowest BCUT2D eigenvalue weighted by Gasteiger charge is -2.18. The Bertz CT molecular complexity index is 1660. The number of carbonyl (C=O) groups excluding carboxylic acids is 3. The summed E-state index contributed by atoms with van der Waals surface area (Å²) < 4.78 is 17.0. The van der Waals surface area contributed by atoms with Crippen LogP contribution in [0, 0.1) is 0 Å². The van der Waals surface area contributed by atoms with E-state index < -0.39 is 6.10 Å². The van der Waals surface area contributed by atoms with Gasteiger partial charge in [-0.3, -0.25) is 14.4 Å². The molecule has 0 aromatic carbocycles. The van der Waals surface area contributed by atoms with Crippen LogP contribution in [0.2, 0.25) is 0 Å². The van der Waals surface area contributed by atoms with Crippen molar-refractivity contribution in [2.75, 3.05) is 13.2 Å². The lowest BCUT2D eigenvalue weighted by molar-refractivity contribution is -0.167. The van der Waals surface area contributed by atoms with E-state index in [2.05, 4.69) is 130 Å². The molecule has 0 bridgehead atoms. The average molecular weight is 1150 g/mol. The number of unbranched alkanes of at least 4 members (excludes halogenated alkanes) is 35. The Morgan fingerprint density at radius 2 is 0.470 bits per heavy atom. The summed E-state index contributed by atoms with van der Waals surface area (Å²) in [7, 11) is 0. The fraction of sp³-hybridized carbons (Fsp3) is 0.727. The molecule has 0 aliphatic heterocycles. The van der Waals surface area contributed by atoms with E-state index in [9.17, 15) is 14.4 Å². The summed E-state index contributed by atoms with van der Waals surface area (Å²) in [6.07, 6.45) is 96.8. The number of hydrogen-bond donors (Lipinski definition) is 0. The average Bonchev–Trinajstić information content (AvgIpc) is 3.50. The maximum Gasteiger partial charge on any atom is 0.306 e. The highest BCUT2D eigenvalue weighted by atomic mass is 16.6. The molecule has 0 aromatic rings. The van der Waals surface area contributed by atoms with Crippen molar-refractivity contribution in [3.63, 3.8) is 0 Å². The smallest absolute Gasteiger partial charge is 0.306 e. The first-order valence-electron chi connectivity index (χ1n) is 35.4. The summed E-state index contributed by atoms with van der Waals surface area (Å²) in [6.45, 7) is 6.51. The van der Waals surface area contributed by atoms with Crippen molar-refractivity contribution < 1.29 is 28.6 Å². The van der Waals surface area contributed by atoms with Crippen LogP contribution >= 0.6 is 0 Å². The highest BCUT2D eigenvalue weighted by Gasteiger charge is 2.19. The van der Waals surface area contributed by atoms with Crippen LogP contribution in [-0.4, -0.2) is 37.2 Å². The maximum atomic E-state index is 13.0. The van der Waals surface area contributed by atoms with Crippen LogP contribution < -0.4 is 0 Å². The van der Waals surface area contributed by atoms with Crippen molar-refractivity contribution in [2.24, 2.45) is 0 Å². The highest BCUT2D eigenvalue weighted by molar-refractivity contribution is 5.71. The van der Waals surface area contributed by atoms with Gasteiger partial charge < -0.3 is 14.2 Å². The topological polar surface area (TPSA) is 78.9 Å². The second-order valence-electron chi connectivity index (χ2n) is 23.4. The summed E-state index contributed by atoms with van der Waals surface area (Å²) in [5.74, 6) is -0.909. The van der Waals surface area contributed by atoms with Gasteiger partial charge in [-0.15, -0.1) is 0 Å². The molecule has 1 unspecified atom stereocenters. The minimum atomic E-state index is -0.798. The zero-order chi connectivity index (χ0) is 59.9. The molecule has 0 rings (SSSR count). The van der Waals surface area contributed by atoms with Gasteiger partial charge in [-0.2, -0.15) is 0 Å². The number of rotatable bonds is 64. The van der Waals surface area contributed by atoms with Crippen LogP contribution in [0.5, 0.6) is 0 Å². The Labute approximate surface area is 514 Å². The van der Waals surface area contributed by atoms with E-state index in [0.29, 0.717) is 19.3 Å². The standard InChI is InChI=1S/C77H132O6/c1-4-7-10-13-16-19-22-25-28-31-34-36-37-38-39-41-43-46-49-52-55-58-61-64-67-70-76(79)82-73-74(72-81-75(78)69-66-63-60-57-54-51-48-45-42-33-30-27-24-21-18-15-12-9-6-3)83-77(80)71-68-65-62-59-56-53-50-47-44-40-35-32-29-26-23-20-17-14-11-8-5-2/h8,11,17-18,20-21,26-27,29-31,34-35,40,42,45,47,50,74H,4-7,9-10,12-16,19,22-25,28,32-33,36-39,41,43-44,46,48-49,51-73H2,1-3H3/b11-8-,20-17-,21-18-,29-26-,30-27-,34-31-,40-35-,45-42-,50-47-. The van der Waals surface area contributed by atoms with Gasteiger partial charge in [0.1, 0.15) is 13.2 Å². The van der Waals surface area contributed by atoms with Gasteiger partial charge in [-0.05, 0) is 128 Å². The second kappa shape index (κ2) is 70.6. The molecule has 1 atom stereocenters. The third-order valence-electron chi connectivity index (χ3n) is 15.2. The van der Waals surface area contributed by atoms with Gasteiger partial charge in [-0.1, -0.05) is 304 Å². The van der Waals surface area contributed by atoms with E-state index in [1.165, 1.54) is 173 Å². The van der Waals surface area contributed by atoms with Crippen LogP contribution in [0.3, 0.4) is 0 Å². The van der Waals surface area contributed by atoms with Crippen molar-refractivity contribution in [3.05, 3.63) is 109 Å². The molecule has 0 aliphatic rings. The van der Waals surface area contributed by atoms with Crippen LogP contribution in [-0.2, 0) is 28.6 Å². The molecular formula is C77H132O6. The zero-order valence-electron chi connectivity index (χ0n) is 54.7. The van der Waals surface area contributed by atoms with E-state index in [-0.39, 0.29) is 31.1 Å². The minimum Gasteiger partial charge on any atom is -0.462 e. The van der Waals surface area contributed by atoms with Gasteiger partial charge in [0, 0.05) is 19.3 Å². The van der Waals surface area contributed by atoms with Crippen molar-refractivity contribution >= 4 is 17.9 Å². The van der Waals surface area contributed by atoms with Gasteiger partial charge >= 0.3 is 17.9 Å². The van der Waals surface area contributed by atoms with E-state index >= 15 is 0 Å². The minimum absolute atomic E-state index is 0.0901. The van der Waals surface area contributed by atoms with Crippen LogP contribution in [0.25, 0.3) is 0 Å². The van der Waals surface area contributed by atoms with Crippen molar-refractivity contribution in [1.29, 1.82) is 0 Å². The molecule has 6 nitrogen and oxygen atoms in total. The first kappa shape index (κ1) is 79.1. The summed E-state index contributed by atoms with van der Waals surface area (Å²) >= 11 is 0. The lowest BCUT2D eigenvalue weighted by atomic mass is 10.0. The summed E-state index contributed by atoms with van der Waals surface area (Å²) in [5, 5.41) is 0. The highest BCUT2D eigenvalue weighted by Crippen LogP contribution is 2.17. The molecule has 6 heteroatoms. The lowest BCUT2D eigenvalue weighted by Crippen LogP contribution is -2.30. The molecule has 0 spiro atoms. The second-order valence-corrected chi connectivity index (χ2v) is 23.4. The Morgan fingerprint density at radius 1 is 0.253 bits per heavy atom. The number of esters is 3. The molecule has 0 saturated heterocycles. The Morgan fingerprint density at radius 3 is 0.771 bits per heavy atom. The summed E-state index contributed by atoms with van der Waals surface area (Å²) in [5.41, 5.74) is 0. The van der Waals surface area contributed by atoms with Gasteiger partial charge in [0.2, 0.25) is 0 Å².